The van der Waals surface area contributed by atoms with Crippen LogP contribution in [0, 0.1) is 0 Å². The van der Waals surface area contributed by atoms with Crippen LogP contribution in [0.1, 0.15) is 22.2 Å². The summed E-state index contributed by atoms with van der Waals surface area (Å²) in [6, 6.07) is 7.52. The van der Waals surface area contributed by atoms with Crippen molar-refractivity contribution in [3.8, 4) is 23.0 Å². The van der Waals surface area contributed by atoms with Crippen LogP contribution in [0.5, 0.6) is 23.0 Å². The molecule has 0 aromatic heterocycles. The topological polar surface area (TPSA) is 107 Å². The quantitative estimate of drug-likeness (QED) is 0.384. The first-order chi connectivity index (χ1) is 9.51. The molecule has 0 spiro atoms. The molecule has 20 heavy (non-hydrogen) atoms. The standard InChI is InChI=1S/C14H12O6/c15-7-9-1-3-10(16)6-13(9)20-14(19)8-2-4-11(17)12(18)5-8/h1-7,14,16-19H/t14-/m1/s1. The highest BCUT2D eigenvalue weighted by Gasteiger charge is 2.14. The molecular weight excluding hydrogens is 264 g/mol. The molecule has 0 aliphatic heterocycles. The third-order valence-corrected chi connectivity index (χ3v) is 2.65. The third kappa shape index (κ3) is 2.81. The van der Waals surface area contributed by atoms with Crippen LogP contribution in [0.3, 0.4) is 0 Å². The number of aliphatic hydroxyl groups excluding tert-OH is 1. The van der Waals surface area contributed by atoms with Crippen LogP contribution in [0.2, 0.25) is 0 Å². The van der Waals surface area contributed by atoms with Crippen LogP contribution >= 0.6 is 0 Å². The lowest BCUT2D eigenvalue weighted by Gasteiger charge is -2.15. The van der Waals surface area contributed by atoms with Gasteiger partial charge in [0.15, 0.2) is 17.8 Å². The van der Waals surface area contributed by atoms with Crippen LogP contribution in [0.25, 0.3) is 0 Å². The molecule has 2 aromatic rings. The Bertz CT molecular complexity index is 638. The number of hydrogen-bond donors (Lipinski definition) is 4. The van der Waals surface area contributed by atoms with Gasteiger partial charge >= 0.3 is 0 Å². The van der Waals surface area contributed by atoms with E-state index in [0.717, 1.165) is 6.07 Å². The van der Waals surface area contributed by atoms with Crippen molar-refractivity contribution in [2.45, 2.75) is 6.29 Å². The molecule has 0 amide bonds. The number of rotatable bonds is 4. The number of carbonyl (C=O) groups is 1. The number of aldehydes is 1. The van der Waals surface area contributed by atoms with Gasteiger partial charge in [0.2, 0.25) is 6.29 Å². The molecule has 0 aliphatic rings. The van der Waals surface area contributed by atoms with Gasteiger partial charge in [-0.05, 0) is 30.3 Å². The van der Waals surface area contributed by atoms with Crippen LogP contribution in [0.4, 0.5) is 0 Å². The van der Waals surface area contributed by atoms with Crippen molar-refractivity contribution < 1.29 is 30.0 Å². The number of hydrogen-bond acceptors (Lipinski definition) is 6. The van der Waals surface area contributed by atoms with E-state index in [2.05, 4.69) is 0 Å². The Hall–Kier alpha value is -2.73. The minimum Gasteiger partial charge on any atom is -0.508 e. The number of aliphatic hydroxyl groups is 1. The number of aromatic hydroxyl groups is 3. The molecule has 4 N–H and O–H groups in total. The smallest absolute Gasteiger partial charge is 0.224 e. The Morgan fingerprint density at radius 1 is 1.00 bits per heavy atom. The zero-order valence-corrected chi connectivity index (χ0v) is 10.2. The Balaban J connectivity index is 2.27. The molecule has 1 atom stereocenters. The van der Waals surface area contributed by atoms with Gasteiger partial charge in [0, 0.05) is 11.6 Å². The van der Waals surface area contributed by atoms with E-state index >= 15 is 0 Å². The van der Waals surface area contributed by atoms with Gasteiger partial charge in [0.1, 0.15) is 11.5 Å². The molecular formula is C14H12O6. The van der Waals surface area contributed by atoms with E-state index in [1.54, 1.807) is 0 Å². The first kappa shape index (κ1) is 13.7. The molecule has 6 heteroatoms. The third-order valence-electron chi connectivity index (χ3n) is 2.65. The average Bonchev–Trinajstić information content (AvgIpc) is 2.42. The molecule has 0 saturated heterocycles. The minimum atomic E-state index is -1.47. The number of ether oxygens (including phenoxy) is 1. The molecule has 0 fully saturated rings. The molecule has 0 radical (unpaired) electrons. The summed E-state index contributed by atoms with van der Waals surface area (Å²) in [6.45, 7) is 0. The zero-order valence-electron chi connectivity index (χ0n) is 10.2. The number of phenolic OH excluding ortho intramolecular Hbond substituents is 3. The number of phenols is 3. The van der Waals surface area contributed by atoms with Crippen molar-refractivity contribution in [3.05, 3.63) is 47.5 Å². The second-order valence-electron chi connectivity index (χ2n) is 4.06. The lowest BCUT2D eigenvalue weighted by atomic mass is 10.2. The summed E-state index contributed by atoms with van der Waals surface area (Å²) >= 11 is 0. The fourth-order valence-electron chi connectivity index (χ4n) is 1.60. The lowest BCUT2D eigenvalue weighted by molar-refractivity contribution is -0.0199. The Labute approximate surface area is 114 Å². The molecule has 6 nitrogen and oxygen atoms in total. The largest absolute Gasteiger partial charge is 0.508 e. The number of benzene rings is 2. The molecule has 0 aliphatic carbocycles. The summed E-state index contributed by atoms with van der Waals surface area (Å²) in [7, 11) is 0. The van der Waals surface area contributed by atoms with Crippen LogP contribution < -0.4 is 4.74 Å². The van der Waals surface area contributed by atoms with Gasteiger partial charge in [-0.1, -0.05) is 0 Å². The van der Waals surface area contributed by atoms with Crippen molar-refractivity contribution in [2.75, 3.05) is 0 Å². The summed E-state index contributed by atoms with van der Waals surface area (Å²) in [5.74, 6) is -0.852. The highest BCUT2D eigenvalue weighted by Crippen LogP contribution is 2.31. The number of carbonyl (C=O) groups excluding carboxylic acids is 1. The molecule has 104 valence electrons. The lowest BCUT2D eigenvalue weighted by Crippen LogP contribution is -2.07. The zero-order chi connectivity index (χ0) is 14.7. The normalized spacial score (nSPS) is 11.8. The van der Waals surface area contributed by atoms with E-state index in [-0.39, 0.29) is 28.4 Å². The molecule has 2 aromatic carbocycles. The average molecular weight is 276 g/mol. The predicted octanol–water partition coefficient (Wildman–Crippen LogP) is 1.69. The van der Waals surface area contributed by atoms with E-state index < -0.39 is 12.0 Å². The summed E-state index contributed by atoms with van der Waals surface area (Å²) in [5.41, 5.74) is 0.338. The van der Waals surface area contributed by atoms with Crippen molar-refractivity contribution in [1.82, 2.24) is 0 Å². The Morgan fingerprint density at radius 3 is 2.40 bits per heavy atom. The molecule has 0 bridgehead atoms. The fourth-order valence-corrected chi connectivity index (χ4v) is 1.60. The van der Waals surface area contributed by atoms with Gasteiger partial charge in [-0.3, -0.25) is 4.79 Å². The summed E-state index contributed by atoms with van der Waals surface area (Å²) in [4.78, 5) is 10.8. The van der Waals surface area contributed by atoms with Gasteiger partial charge in [0.05, 0.1) is 5.56 Å². The van der Waals surface area contributed by atoms with Gasteiger partial charge in [-0.25, -0.2) is 0 Å². The predicted molar refractivity (Wildman–Crippen MR) is 68.9 cm³/mol. The molecule has 0 unspecified atom stereocenters. The highest BCUT2D eigenvalue weighted by atomic mass is 16.6. The van der Waals surface area contributed by atoms with E-state index in [1.165, 1.54) is 30.3 Å². The van der Waals surface area contributed by atoms with Crippen molar-refractivity contribution >= 4 is 6.29 Å². The van der Waals surface area contributed by atoms with Crippen molar-refractivity contribution in [1.29, 1.82) is 0 Å². The van der Waals surface area contributed by atoms with Crippen molar-refractivity contribution in [2.24, 2.45) is 0 Å². The maximum Gasteiger partial charge on any atom is 0.224 e. The monoisotopic (exact) mass is 276 g/mol. The first-order valence-corrected chi connectivity index (χ1v) is 5.66. The van der Waals surface area contributed by atoms with E-state index in [0.29, 0.717) is 6.29 Å². The van der Waals surface area contributed by atoms with Gasteiger partial charge in [-0.15, -0.1) is 0 Å². The molecule has 2 rings (SSSR count). The molecule has 0 saturated carbocycles. The van der Waals surface area contributed by atoms with Crippen LogP contribution in [0.15, 0.2) is 36.4 Å². The first-order valence-electron chi connectivity index (χ1n) is 5.66. The second kappa shape index (κ2) is 5.50. The maximum atomic E-state index is 10.8. The summed E-state index contributed by atoms with van der Waals surface area (Å²) in [5, 5.41) is 37.8. The van der Waals surface area contributed by atoms with Crippen molar-refractivity contribution in [3.63, 3.8) is 0 Å². The van der Waals surface area contributed by atoms with Crippen LogP contribution in [-0.4, -0.2) is 26.7 Å². The highest BCUT2D eigenvalue weighted by molar-refractivity contribution is 5.79. The van der Waals surface area contributed by atoms with Gasteiger partial charge in [0.25, 0.3) is 0 Å². The minimum absolute atomic E-state index is 0.0000600. The second-order valence-corrected chi connectivity index (χ2v) is 4.06. The summed E-state index contributed by atoms with van der Waals surface area (Å²) < 4.78 is 5.17. The SMILES string of the molecule is O=Cc1ccc(O)cc1O[C@@H](O)c1ccc(O)c(O)c1. The fraction of sp³-hybridized carbons (Fsp3) is 0.0714. The maximum absolute atomic E-state index is 10.8. The van der Waals surface area contributed by atoms with E-state index in [9.17, 15) is 25.2 Å². The van der Waals surface area contributed by atoms with E-state index in [1.807, 2.05) is 0 Å². The summed E-state index contributed by atoms with van der Waals surface area (Å²) in [6.07, 6.45) is -0.947. The van der Waals surface area contributed by atoms with Gasteiger partial charge < -0.3 is 25.2 Å². The van der Waals surface area contributed by atoms with E-state index in [4.69, 9.17) is 4.74 Å². The Morgan fingerprint density at radius 2 is 1.75 bits per heavy atom. The molecule has 0 heterocycles. The van der Waals surface area contributed by atoms with Gasteiger partial charge in [-0.2, -0.15) is 0 Å². The Kier molecular flexibility index (Phi) is 3.76. The van der Waals surface area contributed by atoms with Crippen LogP contribution in [-0.2, 0) is 0 Å².